The maximum absolute atomic E-state index is 2.52. The summed E-state index contributed by atoms with van der Waals surface area (Å²) in [6, 6.07) is 54.5. The Morgan fingerprint density at radius 3 is 1.59 bits per heavy atom. The van der Waals surface area contributed by atoms with Gasteiger partial charge in [-0.25, -0.2) is 0 Å². The number of rotatable bonds is 2. The van der Waals surface area contributed by atoms with Crippen LogP contribution in [0.15, 0.2) is 146 Å². The van der Waals surface area contributed by atoms with Crippen molar-refractivity contribution < 1.29 is 0 Å². The predicted octanol–water partition coefficient (Wildman–Crippen LogP) is 13.2. The van der Waals surface area contributed by atoms with E-state index in [9.17, 15) is 0 Å². The minimum Gasteiger partial charge on any atom is -0.135 e. The van der Waals surface area contributed by atoms with Crippen LogP contribution in [0.4, 0.5) is 0 Å². The van der Waals surface area contributed by atoms with Gasteiger partial charge in [-0.1, -0.05) is 141 Å². The number of benzene rings is 8. The molecule has 0 fully saturated rings. The van der Waals surface area contributed by atoms with Crippen LogP contribution in [0.25, 0.3) is 85.9 Å². The third kappa shape index (κ3) is 3.44. The molecule has 0 spiro atoms. The summed E-state index contributed by atoms with van der Waals surface area (Å²) in [4.78, 5) is 0. The lowest BCUT2D eigenvalue weighted by Crippen LogP contribution is -2.15. The van der Waals surface area contributed by atoms with Crippen LogP contribution in [0.5, 0.6) is 0 Å². The largest absolute Gasteiger partial charge is 0.135 e. The molecule has 0 saturated heterocycles. The molecule has 0 aliphatic heterocycles. The lowest BCUT2D eigenvalue weighted by atomic mass is 9.79. The van der Waals surface area contributed by atoms with Crippen LogP contribution in [-0.4, -0.2) is 0 Å². The summed E-state index contributed by atoms with van der Waals surface area (Å²) in [6.07, 6.45) is 0. The zero-order valence-corrected chi connectivity index (χ0v) is 26.6. The normalized spacial score (nSPS) is 13.6. The van der Waals surface area contributed by atoms with Gasteiger partial charge in [0.15, 0.2) is 0 Å². The maximum atomic E-state index is 2.52. The molecule has 10 rings (SSSR count). The van der Waals surface area contributed by atoms with E-state index in [1.54, 1.807) is 0 Å². The molecule has 0 saturated carbocycles. The Hall–Kier alpha value is -5.24. The van der Waals surface area contributed by atoms with E-state index in [0.29, 0.717) is 0 Å². The van der Waals surface area contributed by atoms with Gasteiger partial charge in [-0.05, 0) is 95.0 Å². The molecular formula is C45H30S. The third-order valence-electron chi connectivity index (χ3n) is 10.5. The molecule has 0 unspecified atom stereocenters. The predicted molar refractivity (Wildman–Crippen MR) is 200 cm³/mol. The number of fused-ring (bicyclic) bond motifs is 10. The van der Waals surface area contributed by atoms with Crippen LogP contribution in [-0.2, 0) is 5.41 Å². The standard InChI is InChI=1S/C45H30S/c1-45(2)38-21-11-9-20-36(38)44-31-15-4-3-13-28(31)37(26-39(44)45)43-34-18-7-5-16-32(34)42(33-17-6-8-19-35(33)43)27-23-24-30-29-14-10-12-22-40(29)46-41(30)25-27/h3-26H,1-2H3. The topological polar surface area (TPSA) is 0 Å². The van der Waals surface area contributed by atoms with E-state index in [0.717, 1.165) is 0 Å². The van der Waals surface area contributed by atoms with Gasteiger partial charge in [-0.3, -0.25) is 0 Å². The summed E-state index contributed by atoms with van der Waals surface area (Å²) in [5.41, 5.74) is 10.7. The van der Waals surface area contributed by atoms with Gasteiger partial charge in [0.2, 0.25) is 0 Å². The van der Waals surface area contributed by atoms with Crippen molar-refractivity contribution in [3.63, 3.8) is 0 Å². The highest BCUT2D eigenvalue weighted by Gasteiger charge is 2.37. The SMILES string of the molecule is CC1(C)c2ccccc2-c2c1cc(-c1c3ccccc3c(-c3ccc4c(c3)sc3ccccc34)c3ccccc13)c1ccccc21. The van der Waals surface area contributed by atoms with E-state index >= 15 is 0 Å². The molecule has 1 heterocycles. The van der Waals surface area contributed by atoms with Crippen molar-refractivity contribution in [1.82, 2.24) is 0 Å². The summed E-state index contributed by atoms with van der Waals surface area (Å²) in [7, 11) is 0. The zero-order chi connectivity index (χ0) is 30.6. The molecule has 46 heavy (non-hydrogen) atoms. The van der Waals surface area contributed by atoms with Crippen molar-refractivity contribution in [2.24, 2.45) is 0 Å². The smallest absolute Gasteiger partial charge is 0.0361 e. The Labute approximate surface area is 272 Å². The third-order valence-corrected chi connectivity index (χ3v) is 11.6. The van der Waals surface area contributed by atoms with Gasteiger partial charge < -0.3 is 0 Å². The Morgan fingerprint density at radius 1 is 0.370 bits per heavy atom. The molecule has 1 aliphatic carbocycles. The molecule has 1 aromatic heterocycles. The second-order valence-electron chi connectivity index (χ2n) is 13.2. The van der Waals surface area contributed by atoms with Gasteiger partial charge in [-0.2, -0.15) is 0 Å². The fourth-order valence-corrected chi connectivity index (χ4v) is 9.51. The molecule has 1 heteroatoms. The molecule has 0 amide bonds. The van der Waals surface area contributed by atoms with E-state index < -0.39 is 0 Å². The van der Waals surface area contributed by atoms with Crippen molar-refractivity contribution in [3.8, 4) is 33.4 Å². The van der Waals surface area contributed by atoms with Crippen molar-refractivity contribution in [2.45, 2.75) is 19.3 Å². The Kier molecular flexibility index (Phi) is 5.31. The first kappa shape index (κ1) is 26.0. The minimum atomic E-state index is -0.0874. The number of hydrogen-bond donors (Lipinski definition) is 0. The minimum absolute atomic E-state index is 0.0874. The van der Waals surface area contributed by atoms with Gasteiger partial charge >= 0.3 is 0 Å². The summed E-state index contributed by atoms with van der Waals surface area (Å²) < 4.78 is 2.68. The molecule has 0 radical (unpaired) electrons. The van der Waals surface area contributed by atoms with E-state index in [2.05, 4.69) is 159 Å². The molecule has 0 nitrogen and oxygen atoms in total. The fourth-order valence-electron chi connectivity index (χ4n) is 8.37. The monoisotopic (exact) mass is 602 g/mol. The van der Waals surface area contributed by atoms with Crippen LogP contribution in [0.2, 0.25) is 0 Å². The number of thiophene rings is 1. The highest BCUT2D eigenvalue weighted by Crippen LogP contribution is 2.54. The van der Waals surface area contributed by atoms with Crippen LogP contribution in [0.1, 0.15) is 25.0 Å². The van der Waals surface area contributed by atoms with Crippen molar-refractivity contribution in [3.05, 3.63) is 157 Å². The van der Waals surface area contributed by atoms with Gasteiger partial charge in [-0.15, -0.1) is 11.3 Å². The molecule has 0 N–H and O–H groups in total. The Balaban J connectivity index is 1.32. The molecule has 216 valence electrons. The zero-order valence-electron chi connectivity index (χ0n) is 25.8. The van der Waals surface area contributed by atoms with Gasteiger partial charge in [0.05, 0.1) is 0 Å². The van der Waals surface area contributed by atoms with E-state index in [-0.39, 0.29) is 5.41 Å². The summed E-state index contributed by atoms with van der Waals surface area (Å²) in [5, 5.41) is 10.5. The van der Waals surface area contributed by atoms with Crippen LogP contribution < -0.4 is 0 Å². The van der Waals surface area contributed by atoms with E-state index in [1.165, 1.54) is 97.0 Å². The van der Waals surface area contributed by atoms with Crippen molar-refractivity contribution in [2.75, 3.05) is 0 Å². The summed E-state index contributed by atoms with van der Waals surface area (Å²) in [6.45, 7) is 4.78. The summed E-state index contributed by atoms with van der Waals surface area (Å²) in [5.74, 6) is 0. The second-order valence-corrected chi connectivity index (χ2v) is 14.3. The first-order valence-electron chi connectivity index (χ1n) is 16.1. The lowest BCUT2D eigenvalue weighted by molar-refractivity contribution is 0.661. The van der Waals surface area contributed by atoms with Crippen LogP contribution in [0, 0.1) is 0 Å². The first-order chi connectivity index (χ1) is 22.6. The molecule has 0 atom stereocenters. The van der Waals surface area contributed by atoms with Crippen LogP contribution in [0.3, 0.4) is 0 Å². The highest BCUT2D eigenvalue weighted by atomic mass is 32.1. The lowest BCUT2D eigenvalue weighted by Gasteiger charge is -2.24. The van der Waals surface area contributed by atoms with Gasteiger partial charge in [0, 0.05) is 25.6 Å². The second kappa shape index (κ2) is 9.39. The van der Waals surface area contributed by atoms with Gasteiger partial charge in [0.25, 0.3) is 0 Å². The summed E-state index contributed by atoms with van der Waals surface area (Å²) >= 11 is 1.89. The van der Waals surface area contributed by atoms with E-state index in [1.807, 2.05) is 11.3 Å². The maximum Gasteiger partial charge on any atom is 0.0361 e. The molecular weight excluding hydrogens is 573 g/mol. The molecule has 9 aromatic rings. The average Bonchev–Trinajstić information content (AvgIpc) is 3.58. The quantitative estimate of drug-likeness (QED) is 0.173. The van der Waals surface area contributed by atoms with Gasteiger partial charge in [0.1, 0.15) is 0 Å². The fraction of sp³-hybridized carbons (Fsp3) is 0.0667. The number of hydrogen-bond acceptors (Lipinski definition) is 1. The molecule has 1 aliphatic rings. The van der Waals surface area contributed by atoms with Crippen molar-refractivity contribution in [1.29, 1.82) is 0 Å². The first-order valence-corrected chi connectivity index (χ1v) is 16.9. The Bertz CT molecular complexity index is 2660. The van der Waals surface area contributed by atoms with E-state index in [4.69, 9.17) is 0 Å². The van der Waals surface area contributed by atoms with Crippen LogP contribution >= 0.6 is 11.3 Å². The molecule has 0 bridgehead atoms. The van der Waals surface area contributed by atoms with Crippen molar-refractivity contribution >= 4 is 63.8 Å². The highest BCUT2D eigenvalue weighted by molar-refractivity contribution is 7.25. The average molecular weight is 603 g/mol. The molecule has 8 aromatic carbocycles. The Morgan fingerprint density at radius 2 is 0.891 bits per heavy atom.